The van der Waals surface area contributed by atoms with Crippen LogP contribution in [-0.2, 0) is 17.8 Å². The van der Waals surface area contributed by atoms with Gasteiger partial charge < -0.3 is 10.1 Å². The van der Waals surface area contributed by atoms with E-state index in [1.807, 2.05) is 36.4 Å². The van der Waals surface area contributed by atoms with Crippen LogP contribution in [0.5, 0.6) is 5.75 Å². The number of thiazole rings is 1. The number of nitrogens with zero attached hydrogens (tertiary/aromatic N) is 1. The largest absolute Gasteiger partial charge is 0.493 e. The lowest BCUT2D eigenvalue weighted by Gasteiger charge is -2.13. The van der Waals surface area contributed by atoms with Gasteiger partial charge in [-0.05, 0) is 24.6 Å². The van der Waals surface area contributed by atoms with Gasteiger partial charge in [0.15, 0.2) is 12.2 Å². The van der Waals surface area contributed by atoms with Gasteiger partial charge in [-0.3, -0.25) is 4.79 Å². The molecule has 0 saturated heterocycles. The van der Waals surface area contributed by atoms with Crippen molar-refractivity contribution < 1.29 is 14.1 Å². The van der Waals surface area contributed by atoms with E-state index in [2.05, 4.69) is 40.7 Å². The first-order valence-corrected chi connectivity index (χ1v) is 16.1. The van der Waals surface area contributed by atoms with E-state index in [9.17, 15) is 4.79 Å². The van der Waals surface area contributed by atoms with Crippen LogP contribution in [0.15, 0.2) is 53.4 Å². The first kappa shape index (κ1) is 31.2. The number of anilines is 1. The Hall–Kier alpha value is -2.37. The number of benzene rings is 2. The van der Waals surface area contributed by atoms with E-state index in [4.69, 9.17) is 16.3 Å². The normalized spacial score (nSPS) is 11.1. The summed E-state index contributed by atoms with van der Waals surface area (Å²) < 4.78 is 8.29. The molecule has 0 fully saturated rings. The third kappa shape index (κ3) is 11.7. The Morgan fingerprint density at radius 2 is 1.56 bits per heavy atom. The summed E-state index contributed by atoms with van der Waals surface area (Å²) >= 11 is 7.94. The molecule has 1 heterocycles. The van der Waals surface area contributed by atoms with E-state index < -0.39 is 0 Å². The Bertz CT molecular complexity index is 1130. The second kappa shape index (κ2) is 18.1. The maximum atomic E-state index is 13.0. The molecule has 3 aromatic rings. The zero-order valence-electron chi connectivity index (χ0n) is 23.9. The number of hydrogen-bond acceptors (Lipinski definition) is 3. The van der Waals surface area contributed by atoms with Crippen LogP contribution in [0, 0.1) is 6.92 Å². The van der Waals surface area contributed by atoms with Crippen molar-refractivity contribution in [3.63, 3.8) is 0 Å². The predicted molar refractivity (Wildman–Crippen MR) is 165 cm³/mol. The van der Waals surface area contributed by atoms with E-state index in [1.165, 1.54) is 76.3 Å². The van der Waals surface area contributed by atoms with Gasteiger partial charge in [-0.15, -0.1) is 0 Å². The summed E-state index contributed by atoms with van der Waals surface area (Å²) in [6, 6.07) is 13.5. The summed E-state index contributed by atoms with van der Waals surface area (Å²) in [5, 5.41) is 5.86. The van der Waals surface area contributed by atoms with Crippen molar-refractivity contribution in [1.82, 2.24) is 0 Å². The lowest BCUT2D eigenvalue weighted by atomic mass is 10.1. The van der Waals surface area contributed by atoms with E-state index in [0.717, 1.165) is 29.8 Å². The van der Waals surface area contributed by atoms with Crippen molar-refractivity contribution >= 4 is 34.5 Å². The quantitative estimate of drug-likeness (QED) is 0.115. The number of rotatable bonds is 19. The zero-order chi connectivity index (χ0) is 27.7. The molecule has 0 atom stereocenters. The van der Waals surface area contributed by atoms with Crippen LogP contribution in [0.2, 0.25) is 5.02 Å². The second-order valence-corrected chi connectivity index (χ2v) is 11.7. The lowest BCUT2D eigenvalue weighted by molar-refractivity contribution is -0.689. The summed E-state index contributed by atoms with van der Waals surface area (Å²) in [6.07, 6.45) is 16.0. The van der Waals surface area contributed by atoms with E-state index >= 15 is 0 Å². The van der Waals surface area contributed by atoms with E-state index in [1.54, 1.807) is 11.3 Å². The second-order valence-electron chi connectivity index (χ2n) is 10.5. The van der Waals surface area contributed by atoms with Crippen LogP contribution in [0.25, 0.3) is 0 Å². The van der Waals surface area contributed by atoms with Gasteiger partial charge in [-0.25, -0.2) is 0 Å². The third-order valence-corrected chi connectivity index (χ3v) is 8.24. The van der Waals surface area contributed by atoms with Crippen molar-refractivity contribution in [2.24, 2.45) is 0 Å². The Balaban J connectivity index is 1.40. The SMILES string of the molecule is CCCCCCCCCCCCCCOc1cc(Cl)ccc1CC(=O)Nc1ccccc1C[n+]1cscc1C. The number of amides is 1. The summed E-state index contributed by atoms with van der Waals surface area (Å²) in [6.45, 7) is 5.73. The molecule has 0 aliphatic carbocycles. The highest BCUT2D eigenvalue weighted by atomic mass is 35.5. The number of unbranched alkanes of at least 4 members (excludes halogenated alkanes) is 11. The summed E-state index contributed by atoms with van der Waals surface area (Å²) in [5.41, 5.74) is 6.08. The molecule has 3 rings (SSSR count). The molecule has 212 valence electrons. The highest BCUT2D eigenvalue weighted by molar-refractivity contribution is 7.07. The summed E-state index contributed by atoms with van der Waals surface area (Å²) in [4.78, 5) is 13.0. The number of hydrogen-bond donors (Lipinski definition) is 1. The average molecular weight is 570 g/mol. The van der Waals surface area contributed by atoms with Crippen LogP contribution in [-0.4, -0.2) is 12.5 Å². The number of ether oxygens (including phenoxy) is 1. The monoisotopic (exact) mass is 569 g/mol. The van der Waals surface area contributed by atoms with Crippen molar-refractivity contribution in [3.05, 3.63) is 75.2 Å². The van der Waals surface area contributed by atoms with Crippen molar-refractivity contribution in [2.45, 2.75) is 104 Å². The molecule has 1 amide bonds. The van der Waals surface area contributed by atoms with Crippen LogP contribution in [0.4, 0.5) is 5.69 Å². The van der Waals surface area contributed by atoms with Crippen molar-refractivity contribution in [2.75, 3.05) is 11.9 Å². The minimum absolute atomic E-state index is 0.0629. The summed E-state index contributed by atoms with van der Waals surface area (Å²) in [5.74, 6) is 0.644. The number of carbonyl (C=O) groups is 1. The molecule has 1 N–H and O–H groups in total. The van der Waals surface area contributed by atoms with Gasteiger partial charge in [-0.1, -0.05) is 125 Å². The maximum absolute atomic E-state index is 13.0. The molecule has 1 aromatic heterocycles. The first-order valence-electron chi connectivity index (χ1n) is 14.8. The molecule has 2 aromatic carbocycles. The molecule has 0 unspecified atom stereocenters. The topological polar surface area (TPSA) is 42.2 Å². The third-order valence-electron chi connectivity index (χ3n) is 7.15. The number of halogens is 1. The molecule has 6 heteroatoms. The van der Waals surface area contributed by atoms with Crippen LogP contribution >= 0.6 is 22.9 Å². The van der Waals surface area contributed by atoms with Gasteiger partial charge >= 0.3 is 0 Å². The Morgan fingerprint density at radius 1 is 0.897 bits per heavy atom. The molecular weight excluding hydrogens is 524 g/mol. The fourth-order valence-corrected chi connectivity index (χ4v) is 5.72. The fraction of sp³-hybridized carbons (Fsp3) is 0.515. The molecule has 0 radical (unpaired) electrons. The average Bonchev–Trinajstić information content (AvgIpc) is 3.33. The highest BCUT2D eigenvalue weighted by Gasteiger charge is 2.15. The standard InChI is InChI=1S/C33H45ClN2O2S/c1-3-4-5-6-7-8-9-10-11-12-13-16-21-38-32-23-30(34)20-19-28(32)22-33(37)35-31-18-15-14-17-29(31)24-36-26-39-25-27(36)2/h14-15,17-20,23,25-26H,3-13,16,21-22,24H2,1-2H3/p+1. The number of nitrogens with one attached hydrogen (secondary N) is 1. The number of carbonyl (C=O) groups excluding carboxylic acids is 1. The molecular formula is C33H46ClN2O2S+. The van der Waals surface area contributed by atoms with Gasteiger partial charge in [0.25, 0.3) is 0 Å². The smallest absolute Gasteiger partial charge is 0.228 e. The van der Waals surface area contributed by atoms with Gasteiger partial charge in [-0.2, -0.15) is 4.57 Å². The van der Waals surface area contributed by atoms with Crippen LogP contribution in [0.1, 0.15) is 101 Å². The van der Waals surface area contributed by atoms with Crippen molar-refractivity contribution in [1.29, 1.82) is 0 Å². The molecule has 0 aliphatic heterocycles. The van der Waals surface area contributed by atoms with Gasteiger partial charge in [0.05, 0.1) is 24.1 Å². The zero-order valence-corrected chi connectivity index (χ0v) is 25.4. The molecule has 0 spiro atoms. The minimum atomic E-state index is -0.0629. The van der Waals surface area contributed by atoms with Crippen LogP contribution in [0.3, 0.4) is 0 Å². The van der Waals surface area contributed by atoms with Gasteiger partial charge in [0.1, 0.15) is 5.75 Å². The predicted octanol–water partition coefficient (Wildman–Crippen LogP) is 9.31. The molecule has 0 bridgehead atoms. The van der Waals surface area contributed by atoms with Crippen molar-refractivity contribution in [3.8, 4) is 5.75 Å². The molecule has 0 aliphatic rings. The number of para-hydroxylation sites is 1. The highest BCUT2D eigenvalue weighted by Crippen LogP contribution is 2.25. The lowest BCUT2D eigenvalue weighted by Crippen LogP contribution is -2.34. The minimum Gasteiger partial charge on any atom is -0.493 e. The maximum Gasteiger partial charge on any atom is 0.228 e. The Morgan fingerprint density at radius 3 is 2.23 bits per heavy atom. The molecule has 0 saturated carbocycles. The van der Waals surface area contributed by atoms with E-state index in [0.29, 0.717) is 17.4 Å². The Labute approximate surface area is 244 Å². The molecule has 4 nitrogen and oxygen atoms in total. The molecule has 39 heavy (non-hydrogen) atoms. The van der Waals surface area contributed by atoms with E-state index in [-0.39, 0.29) is 12.3 Å². The van der Waals surface area contributed by atoms with Gasteiger partial charge in [0.2, 0.25) is 11.4 Å². The first-order chi connectivity index (χ1) is 19.1. The Kier molecular flexibility index (Phi) is 14.4. The number of aromatic nitrogens is 1. The summed E-state index contributed by atoms with van der Waals surface area (Å²) in [7, 11) is 0. The van der Waals surface area contributed by atoms with Crippen LogP contribution < -0.4 is 14.6 Å². The number of aryl methyl sites for hydroxylation is 1. The fourth-order valence-electron chi connectivity index (χ4n) is 4.78. The van der Waals surface area contributed by atoms with Gasteiger partial charge in [0, 0.05) is 23.1 Å².